The van der Waals surface area contributed by atoms with E-state index in [9.17, 15) is 4.39 Å². The van der Waals surface area contributed by atoms with E-state index in [4.69, 9.17) is 0 Å². The summed E-state index contributed by atoms with van der Waals surface area (Å²) in [7, 11) is 4.12. The van der Waals surface area contributed by atoms with Crippen LogP contribution in [-0.4, -0.2) is 49.2 Å². The number of nitrogens with zero attached hydrogens (tertiary/aromatic N) is 3. The van der Waals surface area contributed by atoms with Gasteiger partial charge in [0.05, 0.1) is 6.20 Å². The summed E-state index contributed by atoms with van der Waals surface area (Å²) in [5.41, 5.74) is 0.913. The molecule has 0 aliphatic rings. The van der Waals surface area contributed by atoms with Gasteiger partial charge in [-0.05, 0) is 34.0 Å². The first-order valence-corrected chi connectivity index (χ1v) is 7.64. The number of rotatable bonds is 8. The minimum Gasteiger partial charge on any atom is -0.353 e. The first-order valence-electron chi connectivity index (χ1n) is 7.64. The first kappa shape index (κ1) is 17.9. The molecule has 5 heteroatoms. The van der Waals surface area contributed by atoms with Crippen molar-refractivity contribution in [3.05, 3.63) is 23.6 Å². The van der Waals surface area contributed by atoms with Crippen LogP contribution in [0.25, 0.3) is 0 Å². The Bertz CT molecular complexity index is 434. The predicted molar refractivity (Wildman–Crippen MR) is 87.2 cm³/mol. The second-order valence-corrected chi connectivity index (χ2v) is 6.07. The van der Waals surface area contributed by atoms with Crippen LogP contribution in [0.1, 0.15) is 33.3 Å². The zero-order valence-corrected chi connectivity index (χ0v) is 14.2. The van der Waals surface area contributed by atoms with Crippen LogP contribution in [0, 0.1) is 5.82 Å². The molecule has 120 valence electrons. The number of likely N-dealkylation sites (N-methyl/N-ethyl adjacent to an activating group) is 2. The molecule has 1 unspecified atom stereocenters. The molecule has 1 heterocycles. The Morgan fingerprint density at radius 2 is 1.95 bits per heavy atom. The summed E-state index contributed by atoms with van der Waals surface area (Å²) in [5.74, 6) is 0.594. The largest absolute Gasteiger partial charge is 0.353 e. The van der Waals surface area contributed by atoms with Gasteiger partial charge < -0.3 is 15.1 Å². The Labute approximate surface area is 128 Å². The quantitative estimate of drug-likeness (QED) is 0.798. The summed E-state index contributed by atoms with van der Waals surface area (Å²) < 4.78 is 13.5. The number of hydrogen-bond donors (Lipinski definition) is 1. The summed E-state index contributed by atoms with van der Waals surface area (Å²) >= 11 is 0. The lowest BCUT2D eigenvalue weighted by Crippen LogP contribution is -2.41. The molecular formula is C16H29FN4. The van der Waals surface area contributed by atoms with Crippen molar-refractivity contribution in [2.45, 2.75) is 46.3 Å². The van der Waals surface area contributed by atoms with Crippen molar-refractivity contribution in [3.8, 4) is 0 Å². The highest BCUT2D eigenvalue weighted by molar-refractivity contribution is 5.47. The number of aromatic nitrogens is 1. The normalized spacial score (nSPS) is 13.0. The Hall–Kier alpha value is -1.20. The number of pyridine rings is 1. The van der Waals surface area contributed by atoms with E-state index < -0.39 is 0 Å². The fourth-order valence-corrected chi connectivity index (χ4v) is 2.47. The van der Waals surface area contributed by atoms with Crippen molar-refractivity contribution in [1.82, 2.24) is 15.2 Å². The number of nitrogens with one attached hydrogen (secondary N) is 1. The number of hydrogen-bond acceptors (Lipinski definition) is 4. The zero-order valence-electron chi connectivity index (χ0n) is 14.2. The lowest BCUT2D eigenvalue weighted by molar-refractivity contribution is 0.371. The summed E-state index contributed by atoms with van der Waals surface area (Å²) in [5, 5.41) is 3.34. The first-order chi connectivity index (χ1) is 9.85. The second-order valence-electron chi connectivity index (χ2n) is 6.07. The van der Waals surface area contributed by atoms with Crippen molar-refractivity contribution in [2.75, 3.05) is 32.1 Å². The topological polar surface area (TPSA) is 31.4 Å². The van der Waals surface area contributed by atoms with E-state index in [1.54, 1.807) is 6.07 Å². The molecular weight excluding hydrogens is 267 g/mol. The van der Waals surface area contributed by atoms with Crippen LogP contribution >= 0.6 is 0 Å². The maximum atomic E-state index is 13.5. The Kier molecular flexibility index (Phi) is 7.05. The lowest BCUT2D eigenvalue weighted by atomic mass is 10.2. The molecule has 1 atom stereocenters. The fourth-order valence-electron chi connectivity index (χ4n) is 2.47. The summed E-state index contributed by atoms with van der Waals surface area (Å²) in [4.78, 5) is 8.74. The van der Waals surface area contributed by atoms with Crippen molar-refractivity contribution < 1.29 is 4.39 Å². The van der Waals surface area contributed by atoms with Gasteiger partial charge in [-0.1, -0.05) is 13.8 Å². The van der Waals surface area contributed by atoms with E-state index in [1.807, 2.05) is 0 Å². The van der Waals surface area contributed by atoms with Gasteiger partial charge in [0.25, 0.3) is 0 Å². The van der Waals surface area contributed by atoms with Crippen LogP contribution in [-0.2, 0) is 6.54 Å². The fraction of sp³-hybridized carbons (Fsp3) is 0.688. The molecule has 0 fully saturated rings. The van der Waals surface area contributed by atoms with Gasteiger partial charge in [0.15, 0.2) is 0 Å². The standard InChI is InChI=1S/C16H29FN4/c1-7-21(13(4)11-20(5)6)16-14(9-18-12(2)3)8-15(17)10-19-16/h8,10,12-13,18H,7,9,11H2,1-6H3. The molecule has 0 aromatic carbocycles. The molecule has 0 saturated carbocycles. The van der Waals surface area contributed by atoms with E-state index in [0.717, 1.165) is 24.5 Å². The van der Waals surface area contributed by atoms with Crippen LogP contribution in [0.3, 0.4) is 0 Å². The number of halogens is 1. The number of anilines is 1. The van der Waals surface area contributed by atoms with Gasteiger partial charge in [0.2, 0.25) is 0 Å². The van der Waals surface area contributed by atoms with Gasteiger partial charge in [-0.2, -0.15) is 0 Å². The second kappa shape index (κ2) is 8.29. The highest BCUT2D eigenvalue weighted by Crippen LogP contribution is 2.21. The third-order valence-corrected chi connectivity index (χ3v) is 3.38. The van der Waals surface area contributed by atoms with E-state index >= 15 is 0 Å². The van der Waals surface area contributed by atoms with Gasteiger partial charge in [-0.3, -0.25) is 0 Å². The van der Waals surface area contributed by atoms with Crippen molar-refractivity contribution >= 4 is 5.82 Å². The molecule has 1 aromatic rings. The zero-order chi connectivity index (χ0) is 16.0. The van der Waals surface area contributed by atoms with Gasteiger partial charge in [-0.25, -0.2) is 9.37 Å². The van der Waals surface area contributed by atoms with Crippen molar-refractivity contribution in [1.29, 1.82) is 0 Å². The van der Waals surface area contributed by atoms with Crippen LogP contribution in [0.4, 0.5) is 10.2 Å². The summed E-state index contributed by atoms with van der Waals surface area (Å²) in [6, 6.07) is 2.26. The van der Waals surface area contributed by atoms with E-state index in [1.165, 1.54) is 6.20 Å². The molecule has 0 saturated heterocycles. The van der Waals surface area contributed by atoms with Crippen LogP contribution in [0.15, 0.2) is 12.3 Å². The molecule has 1 rings (SSSR count). The highest BCUT2D eigenvalue weighted by atomic mass is 19.1. The minimum atomic E-state index is -0.282. The molecule has 0 spiro atoms. The van der Waals surface area contributed by atoms with Crippen molar-refractivity contribution in [3.63, 3.8) is 0 Å². The van der Waals surface area contributed by atoms with E-state index in [-0.39, 0.29) is 5.82 Å². The predicted octanol–water partition coefficient (Wildman–Crippen LogP) is 2.50. The average Bonchev–Trinajstić information content (AvgIpc) is 2.38. The molecule has 21 heavy (non-hydrogen) atoms. The van der Waals surface area contributed by atoms with Crippen LogP contribution in [0.5, 0.6) is 0 Å². The SMILES string of the molecule is CCN(c1ncc(F)cc1CNC(C)C)C(C)CN(C)C. The Balaban J connectivity index is 3.01. The van der Waals surface area contributed by atoms with Gasteiger partial charge in [0.1, 0.15) is 11.6 Å². The van der Waals surface area contributed by atoms with E-state index in [0.29, 0.717) is 18.6 Å². The monoisotopic (exact) mass is 296 g/mol. The Morgan fingerprint density at radius 1 is 1.29 bits per heavy atom. The average molecular weight is 296 g/mol. The third kappa shape index (κ3) is 5.59. The van der Waals surface area contributed by atoms with Crippen molar-refractivity contribution in [2.24, 2.45) is 0 Å². The van der Waals surface area contributed by atoms with E-state index in [2.05, 4.69) is 61.9 Å². The molecule has 0 bridgehead atoms. The van der Waals surface area contributed by atoms with Crippen LogP contribution < -0.4 is 10.2 Å². The molecule has 1 N–H and O–H groups in total. The summed E-state index contributed by atoms with van der Waals surface area (Å²) in [6.07, 6.45) is 1.30. The maximum Gasteiger partial charge on any atom is 0.141 e. The smallest absolute Gasteiger partial charge is 0.141 e. The molecule has 4 nitrogen and oxygen atoms in total. The van der Waals surface area contributed by atoms with Gasteiger partial charge >= 0.3 is 0 Å². The maximum absolute atomic E-state index is 13.5. The highest BCUT2D eigenvalue weighted by Gasteiger charge is 2.18. The minimum absolute atomic E-state index is 0.282. The third-order valence-electron chi connectivity index (χ3n) is 3.38. The van der Waals surface area contributed by atoms with Crippen LogP contribution in [0.2, 0.25) is 0 Å². The molecule has 0 amide bonds. The molecule has 1 aromatic heterocycles. The van der Waals surface area contributed by atoms with Gasteiger partial charge in [-0.15, -0.1) is 0 Å². The van der Waals surface area contributed by atoms with Gasteiger partial charge in [0, 0.05) is 37.3 Å². The Morgan fingerprint density at radius 3 is 2.48 bits per heavy atom. The summed E-state index contributed by atoms with van der Waals surface area (Å²) in [6.45, 7) is 10.9. The molecule has 0 radical (unpaired) electrons. The lowest BCUT2D eigenvalue weighted by Gasteiger charge is -2.32. The molecule has 0 aliphatic heterocycles. The molecule has 0 aliphatic carbocycles.